The topological polar surface area (TPSA) is 61.1 Å². The number of hydrogen-bond donors (Lipinski definition) is 2. The quantitative estimate of drug-likeness (QED) is 0.790. The van der Waals surface area contributed by atoms with Crippen molar-refractivity contribution in [3.05, 3.63) is 46.2 Å². The monoisotopic (exact) mass is 249 g/mol. The molecule has 0 saturated heterocycles. The molecule has 0 spiro atoms. The normalized spacial score (nSPS) is 16.2. The van der Waals surface area contributed by atoms with E-state index in [9.17, 15) is 9.90 Å². The van der Waals surface area contributed by atoms with Gasteiger partial charge in [-0.25, -0.2) is 0 Å². The second-order valence-electron chi connectivity index (χ2n) is 3.98. The molecule has 4 heteroatoms. The summed E-state index contributed by atoms with van der Waals surface area (Å²) >= 11 is 5.76. The van der Waals surface area contributed by atoms with Crippen LogP contribution in [0.3, 0.4) is 0 Å². The minimum Gasteiger partial charge on any atom is -0.511 e. The molecule has 0 aromatic heterocycles. The Labute approximate surface area is 104 Å². The highest BCUT2D eigenvalue weighted by Crippen LogP contribution is 2.23. The van der Waals surface area contributed by atoms with Crippen LogP contribution in [0.15, 0.2) is 35.6 Å². The van der Waals surface area contributed by atoms with Gasteiger partial charge in [0.25, 0.3) is 0 Å². The fourth-order valence-electron chi connectivity index (χ4n) is 1.87. The van der Waals surface area contributed by atoms with E-state index in [1.165, 1.54) is 0 Å². The molecule has 0 saturated carbocycles. The molecule has 0 aliphatic heterocycles. The van der Waals surface area contributed by atoms with Crippen LogP contribution in [0.2, 0.25) is 5.02 Å². The van der Waals surface area contributed by atoms with Gasteiger partial charge < -0.3 is 5.11 Å². The summed E-state index contributed by atoms with van der Waals surface area (Å²) in [4.78, 5) is 11.7. The fraction of sp³-hybridized carbons (Fsp3) is 0.231. The smallest absolute Gasteiger partial charge is 0.168 e. The van der Waals surface area contributed by atoms with E-state index in [0.29, 0.717) is 29.8 Å². The highest BCUT2D eigenvalue weighted by molar-refractivity contribution is 6.31. The van der Waals surface area contributed by atoms with E-state index in [1.54, 1.807) is 24.3 Å². The first-order valence-corrected chi connectivity index (χ1v) is 5.77. The van der Waals surface area contributed by atoms with E-state index in [2.05, 4.69) is 0 Å². The molecule has 0 bridgehead atoms. The molecule has 0 amide bonds. The Morgan fingerprint density at radius 3 is 2.47 bits per heavy atom. The molecule has 0 heterocycles. The Bertz CT molecular complexity index is 503. The molecule has 0 fully saturated rings. The zero-order chi connectivity index (χ0) is 12.4. The van der Waals surface area contributed by atoms with Gasteiger partial charge >= 0.3 is 0 Å². The Hall–Kier alpha value is -1.61. The summed E-state index contributed by atoms with van der Waals surface area (Å²) < 4.78 is 0. The number of aliphatic hydroxyl groups is 1. The third kappa shape index (κ3) is 2.39. The lowest BCUT2D eigenvalue weighted by atomic mass is 9.90. The number of Topliss-reactive ketones (excluding diaryl/α,β-unsaturated/α-hetero) is 1. The zero-order valence-electron chi connectivity index (χ0n) is 9.16. The molecule has 2 rings (SSSR count). The third-order valence-electron chi connectivity index (χ3n) is 2.77. The first-order valence-electron chi connectivity index (χ1n) is 5.40. The van der Waals surface area contributed by atoms with Crippen molar-refractivity contribution in [1.82, 2.24) is 0 Å². The van der Waals surface area contributed by atoms with Gasteiger partial charge in [-0.1, -0.05) is 23.7 Å². The third-order valence-corrected chi connectivity index (χ3v) is 3.02. The average Bonchev–Trinajstić information content (AvgIpc) is 2.29. The number of ketones is 1. The SMILES string of the molecule is N=C(C1=C(O)CCCC1=O)c1ccc(Cl)cc1. The number of carbonyl (C=O) groups excluding carboxylic acids is 1. The summed E-state index contributed by atoms with van der Waals surface area (Å²) in [6.45, 7) is 0. The number of allylic oxidation sites excluding steroid dienone is 2. The van der Waals surface area contributed by atoms with E-state index in [0.717, 1.165) is 0 Å². The van der Waals surface area contributed by atoms with E-state index in [4.69, 9.17) is 17.0 Å². The van der Waals surface area contributed by atoms with E-state index < -0.39 is 0 Å². The molecule has 1 aromatic carbocycles. The maximum Gasteiger partial charge on any atom is 0.168 e. The molecule has 0 radical (unpaired) electrons. The molecule has 88 valence electrons. The number of nitrogens with one attached hydrogen (secondary N) is 1. The van der Waals surface area contributed by atoms with E-state index in [-0.39, 0.29) is 22.8 Å². The Morgan fingerprint density at radius 2 is 1.88 bits per heavy atom. The van der Waals surface area contributed by atoms with Crippen LogP contribution in [0.1, 0.15) is 24.8 Å². The van der Waals surface area contributed by atoms with E-state index >= 15 is 0 Å². The van der Waals surface area contributed by atoms with E-state index in [1.807, 2.05) is 0 Å². The molecule has 17 heavy (non-hydrogen) atoms. The second kappa shape index (κ2) is 4.72. The van der Waals surface area contributed by atoms with Crippen LogP contribution >= 0.6 is 11.6 Å². The van der Waals surface area contributed by atoms with Crippen molar-refractivity contribution in [2.24, 2.45) is 0 Å². The summed E-state index contributed by atoms with van der Waals surface area (Å²) in [5, 5.41) is 18.3. The first-order chi connectivity index (χ1) is 8.09. The van der Waals surface area contributed by atoms with Crippen molar-refractivity contribution in [2.45, 2.75) is 19.3 Å². The molecule has 1 aliphatic rings. The zero-order valence-corrected chi connectivity index (χ0v) is 9.92. The molecule has 1 aliphatic carbocycles. The van der Waals surface area contributed by atoms with Crippen molar-refractivity contribution < 1.29 is 9.90 Å². The summed E-state index contributed by atoms with van der Waals surface area (Å²) in [6, 6.07) is 6.67. The van der Waals surface area contributed by atoms with Gasteiger partial charge in [0.2, 0.25) is 0 Å². The molecule has 0 atom stereocenters. The van der Waals surface area contributed by atoms with Crippen LogP contribution in [0, 0.1) is 5.41 Å². The summed E-state index contributed by atoms with van der Waals surface area (Å²) in [6.07, 6.45) is 1.52. The molecular formula is C13H12ClNO2. The van der Waals surface area contributed by atoms with Gasteiger partial charge in [0.15, 0.2) is 5.78 Å². The standard InChI is InChI=1S/C13H12ClNO2/c14-9-6-4-8(5-7-9)13(15)12-10(16)2-1-3-11(12)17/h4-7,15-16H,1-3H2. The van der Waals surface area contributed by atoms with Gasteiger partial charge in [0.1, 0.15) is 5.76 Å². The van der Waals surface area contributed by atoms with Crippen LogP contribution in [0.25, 0.3) is 0 Å². The fourth-order valence-corrected chi connectivity index (χ4v) is 2.00. The molecule has 0 unspecified atom stereocenters. The number of rotatable bonds is 2. The van der Waals surface area contributed by atoms with Gasteiger partial charge in [-0.2, -0.15) is 0 Å². The minimum absolute atomic E-state index is 0.0289. The lowest BCUT2D eigenvalue weighted by Gasteiger charge is -2.15. The lowest BCUT2D eigenvalue weighted by molar-refractivity contribution is -0.115. The average molecular weight is 250 g/mol. The highest BCUT2D eigenvalue weighted by Gasteiger charge is 2.24. The maximum atomic E-state index is 11.7. The number of carbonyl (C=O) groups is 1. The van der Waals surface area contributed by atoms with Crippen LogP contribution in [-0.2, 0) is 4.79 Å². The molecule has 2 N–H and O–H groups in total. The van der Waals surface area contributed by atoms with Crippen molar-refractivity contribution in [3.63, 3.8) is 0 Å². The minimum atomic E-state index is -0.159. The predicted molar refractivity (Wildman–Crippen MR) is 66.8 cm³/mol. The Kier molecular flexibility index (Phi) is 3.29. The van der Waals surface area contributed by atoms with Gasteiger partial charge in [-0.15, -0.1) is 0 Å². The highest BCUT2D eigenvalue weighted by atomic mass is 35.5. The van der Waals surface area contributed by atoms with Gasteiger partial charge in [0, 0.05) is 23.4 Å². The molecule has 1 aromatic rings. The molecule has 3 nitrogen and oxygen atoms in total. The van der Waals surface area contributed by atoms with Crippen molar-refractivity contribution in [2.75, 3.05) is 0 Å². The number of hydrogen-bond acceptors (Lipinski definition) is 3. The van der Waals surface area contributed by atoms with Crippen LogP contribution in [-0.4, -0.2) is 16.6 Å². The van der Waals surface area contributed by atoms with Crippen molar-refractivity contribution in [3.8, 4) is 0 Å². The van der Waals surface area contributed by atoms with Gasteiger partial charge in [-0.3, -0.25) is 10.2 Å². The maximum absolute atomic E-state index is 11.7. The van der Waals surface area contributed by atoms with Gasteiger partial charge in [0.05, 0.1) is 11.3 Å². The first kappa shape index (κ1) is 11.9. The van der Waals surface area contributed by atoms with Crippen LogP contribution in [0.5, 0.6) is 0 Å². The Morgan fingerprint density at radius 1 is 1.24 bits per heavy atom. The summed E-state index contributed by atoms with van der Waals surface area (Å²) in [7, 11) is 0. The second-order valence-corrected chi connectivity index (χ2v) is 4.42. The summed E-state index contributed by atoms with van der Waals surface area (Å²) in [5.41, 5.74) is 0.814. The van der Waals surface area contributed by atoms with Crippen molar-refractivity contribution >= 4 is 23.1 Å². The summed E-state index contributed by atoms with van der Waals surface area (Å²) in [5.74, 6) is -0.130. The predicted octanol–water partition coefficient (Wildman–Crippen LogP) is 3.27. The number of halogens is 1. The lowest BCUT2D eigenvalue weighted by Crippen LogP contribution is -2.19. The van der Waals surface area contributed by atoms with Crippen molar-refractivity contribution in [1.29, 1.82) is 5.41 Å². The van der Waals surface area contributed by atoms with Crippen LogP contribution in [0.4, 0.5) is 0 Å². The van der Waals surface area contributed by atoms with Crippen LogP contribution < -0.4 is 0 Å². The van der Waals surface area contributed by atoms with Gasteiger partial charge in [-0.05, 0) is 18.6 Å². The largest absolute Gasteiger partial charge is 0.511 e. The molecular weight excluding hydrogens is 238 g/mol. The Balaban J connectivity index is 2.37. The number of benzene rings is 1. The number of aliphatic hydroxyl groups excluding tert-OH is 1.